The minimum atomic E-state index is -0.134. The van der Waals surface area contributed by atoms with E-state index in [0.717, 1.165) is 41.7 Å². The number of para-hydroxylation sites is 1. The Morgan fingerprint density at radius 1 is 0.784 bits per heavy atom. The summed E-state index contributed by atoms with van der Waals surface area (Å²) in [4.78, 5) is 15.5. The van der Waals surface area contributed by atoms with Gasteiger partial charge in [-0.2, -0.15) is 0 Å². The van der Waals surface area contributed by atoms with Crippen LogP contribution in [0.15, 0.2) is 108 Å². The third kappa shape index (κ3) is 5.97. The lowest BCUT2D eigenvalue weighted by molar-refractivity contribution is 0.241. The zero-order valence-electron chi connectivity index (χ0n) is 21.3. The molecule has 0 spiro atoms. The van der Waals surface area contributed by atoms with E-state index in [-0.39, 0.29) is 5.69 Å². The largest absolute Gasteiger partial charge is 0.492 e. The van der Waals surface area contributed by atoms with Crippen LogP contribution in [-0.4, -0.2) is 33.7 Å². The molecule has 1 aliphatic rings. The van der Waals surface area contributed by atoms with Crippen LogP contribution in [0.1, 0.15) is 32.6 Å². The van der Waals surface area contributed by atoms with Crippen LogP contribution in [0.2, 0.25) is 0 Å². The molecule has 4 aromatic rings. The Balaban J connectivity index is 1.20. The number of rotatable bonds is 10. The first-order valence-corrected chi connectivity index (χ1v) is 13.0. The summed E-state index contributed by atoms with van der Waals surface area (Å²) < 4.78 is 15.1. The van der Waals surface area contributed by atoms with Gasteiger partial charge in [0.2, 0.25) is 0 Å². The van der Waals surface area contributed by atoms with Crippen LogP contribution in [0.4, 0.5) is 0 Å². The van der Waals surface area contributed by atoms with Gasteiger partial charge in [0.15, 0.2) is 0 Å². The van der Waals surface area contributed by atoms with Gasteiger partial charge < -0.3 is 14.4 Å². The Morgan fingerprint density at radius 2 is 1.41 bits per heavy atom. The molecule has 0 radical (unpaired) electrons. The molecule has 0 N–H and O–H groups in total. The number of allylic oxidation sites excluding steroid dienone is 2. The number of hydrogen-bond donors (Lipinski definition) is 0. The fourth-order valence-electron chi connectivity index (χ4n) is 4.66. The van der Waals surface area contributed by atoms with Crippen LogP contribution in [0, 0.1) is 0 Å². The summed E-state index contributed by atoms with van der Waals surface area (Å²) in [6.07, 6.45) is 10.9. The van der Waals surface area contributed by atoms with Crippen LogP contribution in [0.3, 0.4) is 0 Å². The van der Waals surface area contributed by atoms with Crippen LogP contribution >= 0.6 is 0 Å². The van der Waals surface area contributed by atoms with Crippen molar-refractivity contribution in [3.8, 4) is 28.6 Å². The highest BCUT2D eigenvalue weighted by Gasteiger charge is 2.11. The summed E-state index contributed by atoms with van der Waals surface area (Å²) in [5.41, 5.74) is 2.89. The van der Waals surface area contributed by atoms with E-state index in [4.69, 9.17) is 9.47 Å². The maximum Gasteiger partial charge on any atom is 0.337 e. The van der Waals surface area contributed by atoms with Crippen molar-refractivity contribution in [2.45, 2.75) is 32.6 Å². The molecule has 1 aromatic heterocycles. The van der Waals surface area contributed by atoms with E-state index in [1.165, 1.54) is 31.4 Å². The number of aromatic nitrogens is 2. The van der Waals surface area contributed by atoms with Crippen molar-refractivity contribution >= 4 is 0 Å². The molecule has 0 saturated carbocycles. The van der Waals surface area contributed by atoms with E-state index in [1.54, 1.807) is 21.5 Å². The fraction of sp³-hybridized carbons (Fsp3) is 0.258. The Labute approximate surface area is 218 Å². The van der Waals surface area contributed by atoms with Crippen LogP contribution in [0.25, 0.3) is 11.4 Å². The molecule has 1 heterocycles. The Kier molecular flexibility index (Phi) is 7.75. The van der Waals surface area contributed by atoms with Gasteiger partial charge in [0.25, 0.3) is 0 Å². The highest BCUT2D eigenvalue weighted by Crippen LogP contribution is 2.23. The molecule has 0 atom stereocenters. The molecule has 0 saturated heterocycles. The molecule has 6 nitrogen and oxygen atoms in total. The van der Waals surface area contributed by atoms with Crippen molar-refractivity contribution in [2.24, 2.45) is 0 Å². The number of imidazole rings is 1. The molecule has 0 amide bonds. The average molecular weight is 496 g/mol. The zero-order valence-corrected chi connectivity index (χ0v) is 21.3. The van der Waals surface area contributed by atoms with E-state index < -0.39 is 0 Å². The van der Waals surface area contributed by atoms with Gasteiger partial charge >= 0.3 is 5.69 Å². The minimum absolute atomic E-state index is 0.134. The predicted molar refractivity (Wildman–Crippen MR) is 147 cm³/mol. The molecule has 190 valence electrons. The highest BCUT2D eigenvalue weighted by molar-refractivity contribution is 5.41. The molecular weight excluding hydrogens is 462 g/mol. The Bertz CT molecular complexity index is 1370. The quantitative estimate of drug-likeness (QED) is 0.249. The minimum Gasteiger partial charge on any atom is -0.492 e. The molecule has 0 bridgehead atoms. The molecule has 3 aromatic carbocycles. The van der Waals surface area contributed by atoms with E-state index in [0.29, 0.717) is 6.61 Å². The first kappa shape index (κ1) is 24.5. The summed E-state index contributed by atoms with van der Waals surface area (Å²) in [6.45, 7) is 4.70. The molecule has 0 aliphatic heterocycles. The number of likely N-dealkylation sites (N-methyl/N-ethyl adjacent to an activating group) is 1. The van der Waals surface area contributed by atoms with Gasteiger partial charge in [-0.15, -0.1) is 0 Å². The van der Waals surface area contributed by atoms with Gasteiger partial charge in [-0.3, -0.25) is 9.13 Å². The van der Waals surface area contributed by atoms with E-state index in [1.807, 2.05) is 78.9 Å². The molecule has 0 fully saturated rings. The lowest BCUT2D eigenvalue weighted by atomic mass is 10.0. The van der Waals surface area contributed by atoms with Crippen molar-refractivity contribution in [3.63, 3.8) is 0 Å². The van der Waals surface area contributed by atoms with E-state index in [2.05, 4.69) is 17.9 Å². The van der Waals surface area contributed by atoms with Crippen molar-refractivity contribution in [3.05, 3.63) is 114 Å². The van der Waals surface area contributed by atoms with Crippen LogP contribution < -0.4 is 15.2 Å². The molecular formula is C31H33N3O3. The van der Waals surface area contributed by atoms with Crippen molar-refractivity contribution in [1.82, 2.24) is 14.0 Å². The second-order valence-corrected chi connectivity index (χ2v) is 9.09. The first-order chi connectivity index (χ1) is 18.2. The second kappa shape index (κ2) is 11.7. The van der Waals surface area contributed by atoms with Crippen molar-refractivity contribution in [2.75, 3.05) is 19.7 Å². The number of ether oxygens (including phenoxy) is 2. The van der Waals surface area contributed by atoms with Crippen LogP contribution in [0.5, 0.6) is 17.2 Å². The van der Waals surface area contributed by atoms with Gasteiger partial charge in [-0.1, -0.05) is 24.3 Å². The molecule has 37 heavy (non-hydrogen) atoms. The fourth-order valence-corrected chi connectivity index (χ4v) is 4.66. The third-order valence-electron chi connectivity index (χ3n) is 6.67. The lowest BCUT2D eigenvalue weighted by Crippen LogP contribution is -2.28. The Morgan fingerprint density at radius 3 is 2.00 bits per heavy atom. The molecule has 0 unspecified atom stereocenters. The lowest BCUT2D eigenvalue weighted by Gasteiger charge is -2.28. The average Bonchev–Trinajstić information content (AvgIpc) is 3.34. The standard InChI is InChI=1S/C31H33N3O3/c1-2-32(25-9-5-3-6-10-25)23-24-36-28-17-13-26(14-18-28)33-21-22-34(31(33)35)27-15-19-30(20-16-27)37-29-11-7-4-8-12-29/h4,7-9,11-22H,2-3,5-6,10,23-24H2,1H3. The van der Waals surface area contributed by atoms with Crippen molar-refractivity contribution in [1.29, 1.82) is 0 Å². The monoisotopic (exact) mass is 495 g/mol. The van der Waals surface area contributed by atoms with Crippen LogP contribution in [-0.2, 0) is 0 Å². The smallest absolute Gasteiger partial charge is 0.337 e. The molecule has 1 aliphatic carbocycles. The third-order valence-corrected chi connectivity index (χ3v) is 6.67. The Hall–Kier alpha value is -4.19. The van der Waals surface area contributed by atoms with Gasteiger partial charge in [0.1, 0.15) is 23.9 Å². The summed E-state index contributed by atoms with van der Waals surface area (Å²) in [5.74, 6) is 2.30. The zero-order chi connectivity index (χ0) is 25.5. The summed E-state index contributed by atoms with van der Waals surface area (Å²) in [6, 6.07) is 24.8. The summed E-state index contributed by atoms with van der Waals surface area (Å²) >= 11 is 0. The van der Waals surface area contributed by atoms with Gasteiger partial charge in [-0.05, 0) is 93.3 Å². The summed E-state index contributed by atoms with van der Waals surface area (Å²) in [7, 11) is 0. The van der Waals surface area contributed by atoms with E-state index in [9.17, 15) is 4.79 Å². The van der Waals surface area contributed by atoms with Crippen molar-refractivity contribution < 1.29 is 9.47 Å². The first-order valence-electron chi connectivity index (χ1n) is 13.0. The SMILES string of the molecule is CCN(CCOc1ccc(-n2ccn(-c3ccc(Oc4ccccc4)cc3)c2=O)cc1)C1=CCCCC1. The molecule has 5 rings (SSSR count). The van der Waals surface area contributed by atoms with E-state index >= 15 is 0 Å². The number of hydrogen-bond acceptors (Lipinski definition) is 4. The van der Waals surface area contributed by atoms with Gasteiger partial charge in [0.05, 0.1) is 17.9 Å². The summed E-state index contributed by atoms with van der Waals surface area (Å²) in [5, 5.41) is 0. The van der Waals surface area contributed by atoms with Gasteiger partial charge in [0, 0.05) is 24.6 Å². The highest BCUT2D eigenvalue weighted by atomic mass is 16.5. The number of nitrogens with zero attached hydrogens (tertiary/aromatic N) is 3. The maximum atomic E-state index is 13.1. The maximum absolute atomic E-state index is 13.1. The molecule has 6 heteroatoms. The number of benzene rings is 3. The van der Waals surface area contributed by atoms with Gasteiger partial charge in [-0.25, -0.2) is 4.79 Å². The predicted octanol–water partition coefficient (Wildman–Crippen LogP) is 6.58. The second-order valence-electron chi connectivity index (χ2n) is 9.09. The normalized spacial score (nSPS) is 13.2. The topological polar surface area (TPSA) is 48.6 Å².